The summed E-state index contributed by atoms with van der Waals surface area (Å²) in [5.41, 5.74) is 2.01. The van der Waals surface area contributed by atoms with Crippen LogP contribution in [0.25, 0.3) is 10.9 Å². The maximum atomic E-state index is 11.7. The first-order valence-corrected chi connectivity index (χ1v) is 6.39. The zero-order chi connectivity index (χ0) is 12.8. The fourth-order valence-electron chi connectivity index (χ4n) is 1.92. The highest BCUT2D eigenvalue weighted by molar-refractivity contribution is 6.07. The molecule has 1 aromatic carbocycles. The van der Waals surface area contributed by atoms with E-state index in [4.69, 9.17) is 0 Å². The van der Waals surface area contributed by atoms with Crippen LogP contribution < -0.4 is 0 Å². The molecule has 0 aliphatic rings. The Balaban J connectivity index is 0.000000686. The van der Waals surface area contributed by atoms with Crippen molar-refractivity contribution in [3.8, 4) is 0 Å². The molecule has 2 heteroatoms. The van der Waals surface area contributed by atoms with Gasteiger partial charge in [0.1, 0.15) is 0 Å². The zero-order valence-corrected chi connectivity index (χ0v) is 11.2. The SMILES string of the molecule is CC.CCC(=O)c1cn(CC)c2ccccc12. The molecular weight excluding hydrogens is 210 g/mol. The van der Waals surface area contributed by atoms with Crippen molar-refractivity contribution in [2.75, 3.05) is 0 Å². The molecule has 0 aliphatic carbocycles. The number of aromatic nitrogens is 1. The van der Waals surface area contributed by atoms with E-state index in [0.717, 1.165) is 23.0 Å². The lowest BCUT2D eigenvalue weighted by molar-refractivity contribution is 0.0989. The molecule has 92 valence electrons. The molecule has 0 fully saturated rings. The number of para-hydroxylation sites is 1. The molecule has 1 aromatic heterocycles. The number of benzene rings is 1. The van der Waals surface area contributed by atoms with Crippen molar-refractivity contribution in [2.45, 2.75) is 40.7 Å². The Morgan fingerprint density at radius 1 is 1.18 bits per heavy atom. The number of carbonyl (C=O) groups is 1. The Hall–Kier alpha value is -1.57. The van der Waals surface area contributed by atoms with E-state index in [1.807, 2.05) is 45.2 Å². The third-order valence-corrected chi connectivity index (χ3v) is 2.75. The van der Waals surface area contributed by atoms with Gasteiger partial charge in [0, 0.05) is 35.6 Å². The van der Waals surface area contributed by atoms with E-state index in [2.05, 4.69) is 17.6 Å². The van der Waals surface area contributed by atoms with E-state index in [1.165, 1.54) is 0 Å². The summed E-state index contributed by atoms with van der Waals surface area (Å²) in [5, 5.41) is 1.08. The number of carbonyl (C=O) groups excluding carboxylic acids is 1. The van der Waals surface area contributed by atoms with E-state index in [0.29, 0.717) is 6.42 Å². The average Bonchev–Trinajstić information content (AvgIpc) is 2.79. The van der Waals surface area contributed by atoms with Crippen LogP contribution in [0.2, 0.25) is 0 Å². The molecule has 0 radical (unpaired) electrons. The quantitative estimate of drug-likeness (QED) is 0.723. The largest absolute Gasteiger partial charge is 0.347 e. The van der Waals surface area contributed by atoms with Gasteiger partial charge in [0.05, 0.1) is 0 Å². The molecule has 17 heavy (non-hydrogen) atoms. The number of nitrogens with zero attached hydrogens (tertiary/aromatic N) is 1. The Bertz CT molecular complexity index is 497. The van der Waals surface area contributed by atoms with Gasteiger partial charge in [-0.1, -0.05) is 39.0 Å². The first-order chi connectivity index (χ1) is 8.27. The van der Waals surface area contributed by atoms with Crippen LogP contribution in [0.5, 0.6) is 0 Å². The van der Waals surface area contributed by atoms with Crippen molar-refractivity contribution in [3.05, 3.63) is 36.0 Å². The molecule has 0 saturated heterocycles. The highest BCUT2D eigenvalue weighted by Gasteiger charge is 2.11. The molecule has 0 bridgehead atoms. The Kier molecular flexibility index (Phi) is 4.95. The van der Waals surface area contributed by atoms with Gasteiger partial charge in [-0.2, -0.15) is 0 Å². The molecule has 2 rings (SSSR count). The number of ketones is 1. The third kappa shape index (κ3) is 2.57. The minimum atomic E-state index is 0.221. The topological polar surface area (TPSA) is 22.0 Å². The summed E-state index contributed by atoms with van der Waals surface area (Å²) in [7, 11) is 0. The molecule has 0 unspecified atom stereocenters. The van der Waals surface area contributed by atoms with Crippen LogP contribution >= 0.6 is 0 Å². The van der Waals surface area contributed by atoms with E-state index in [9.17, 15) is 4.79 Å². The predicted octanol–water partition coefficient (Wildman–Crippen LogP) is 4.28. The predicted molar refractivity (Wildman–Crippen MR) is 73.6 cm³/mol. The molecule has 0 N–H and O–H groups in total. The first kappa shape index (κ1) is 13.5. The number of hydrogen-bond donors (Lipinski definition) is 0. The van der Waals surface area contributed by atoms with Gasteiger partial charge < -0.3 is 4.57 Å². The van der Waals surface area contributed by atoms with Crippen molar-refractivity contribution in [2.24, 2.45) is 0 Å². The van der Waals surface area contributed by atoms with Gasteiger partial charge in [0.2, 0.25) is 0 Å². The summed E-state index contributed by atoms with van der Waals surface area (Å²) < 4.78 is 2.12. The smallest absolute Gasteiger partial charge is 0.164 e. The van der Waals surface area contributed by atoms with Crippen molar-refractivity contribution in [1.82, 2.24) is 4.57 Å². The Labute approximate surface area is 103 Å². The van der Waals surface area contributed by atoms with E-state index >= 15 is 0 Å². The second kappa shape index (κ2) is 6.24. The van der Waals surface area contributed by atoms with Crippen LogP contribution in [0.4, 0.5) is 0 Å². The normalized spacial score (nSPS) is 9.88. The molecule has 0 aliphatic heterocycles. The maximum absolute atomic E-state index is 11.7. The summed E-state index contributed by atoms with van der Waals surface area (Å²) in [6, 6.07) is 8.07. The molecule has 2 nitrogen and oxygen atoms in total. The average molecular weight is 231 g/mol. The standard InChI is InChI=1S/C13H15NO.C2H6/c1-3-13(15)11-9-14(4-2)12-8-6-5-7-10(11)12;1-2/h5-9H,3-4H2,1-2H3;1-2H3. The number of rotatable bonds is 3. The van der Waals surface area contributed by atoms with E-state index in [-0.39, 0.29) is 5.78 Å². The first-order valence-electron chi connectivity index (χ1n) is 6.39. The van der Waals surface area contributed by atoms with Gasteiger partial charge in [0.15, 0.2) is 5.78 Å². The lowest BCUT2D eigenvalue weighted by Crippen LogP contribution is -1.95. The van der Waals surface area contributed by atoms with Gasteiger partial charge in [-0.3, -0.25) is 4.79 Å². The van der Waals surface area contributed by atoms with Gasteiger partial charge >= 0.3 is 0 Å². The fraction of sp³-hybridized carbons (Fsp3) is 0.400. The molecule has 2 aromatic rings. The van der Waals surface area contributed by atoms with Gasteiger partial charge in [-0.05, 0) is 13.0 Å². The van der Waals surface area contributed by atoms with Crippen LogP contribution in [-0.2, 0) is 6.54 Å². The van der Waals surface area contributed by atoms with E-state index < -0.39 is 0 Å². The fourth-order valence-corrected chi connectivity index (χ4v) is 1.92. The monoisotopic (exact) mass is 231 g/mol. The van der Waals surface area contributed by atoms with Crippen LogP contribution in [0.3, 0.4) is 0 Å². The molecular formula is C15H21NO. The van der Waals surface area contributed by atoms with Crippen molar-refractivity contribution in [1.29, 1.82) is 0 Å². The number of fused-ring (bicyclic) bond motifs is 1. The summed E-state index contributed by atoms with van der Waals surface area (Å²) >= 11 is 0. The van der Waals surface area contributed by atoms with Crippen LogP contribution in [0, 0.1) is 0 Å². The molecule has 1 heterocycles. The Morgan fingerprint density at radius 3 is 2.41 bits per heavy atom. The minimum Gasteiger partial charge on any atom is -0.347 e. The second-order valence-electron chi connectivity index (χ2n) is 3.62. The summed E-state index contributed by atoms with van der Waals surface area (Å²) in [4.78, 5) is 11.7. The van der Waals surface area contributed by atoms with Crippen molar-refractivity contribution in [3.63, 3.8) is 0 Å². The van der Waals surface area contributed by atoms with Crippen LogP contribution in [-0.4, -0.2) is 10.4 Å². The van der Waals surface area contributed by atoms with Crippen molar-refractivity contribution < 1.29 is 4.79 Å². The zero-order valence-electron chi connectivity index (χ0n) is 11.2. The van der Waals surface area contributed by atoms with Gasteiger partial charge in [0.25, 0.3) is 0 Å². The molecule has 0 amide bonds. The highest BCUT2D eigenvalue weighted by atomic mass is 16.1. The molecule has 0 saturated carbocycles. The lowest BCUT2D eigenvalue weighted by atomic mass is 10.1. The van der Waals surface area contributed by atoms with Crippen molar-refractivity contribution >= 4 is 16.7 Å². The second-order valence-corrected chi connectivity index (χ2v) is 3.62. The van der Waals surface area contributed by atoms with E-state index in [1.54, 1.807) is 0 Å². The third-order valence-electron chi connectivity index (χ3n) is 2.75. The van der Waals surface area contributed by atoms with Crippen LogP contribution in [0.1, 0.15) is 44.5 Å². The van der Waals surface area contributed by atoms with Gasteiger partial charge in [-0.15, -0.1) is 0 Å². The minimum absolute atomic E-state index is 0.221. The molecule has 0 atom stereocenters. The summed E-state index contributed by atoms with van der Waals surface area (Å²) in [6.45, 7) is 8.89. The molecule has 0 spiro atoms. The lowest BCUT2D eigenvalue weighted by Gasteiger charge is -1.97. The summed E-state index contributed by atoms with van der Waals surface area (Å²) in [6.07, 6.45) is 2.54. The number of hydrogen-bond acceptors (Lipinski definition) is 1. The maximum Gasteiger partial charge on any atom is 0.164 e. The number of aryl methyl sites for hydroxylation is 1. The Morgan fingerprint density at radius 2 is 1.82 bits per heavy atom. The highest BCUT2D eigenvalue weighted by Crippen LogP contribution is 2.22. The summed E-state index contributed by atoms with van der Waals surface area (Å²) in [5.74, 6) is 0.221. The number of Topliss-reactive ketones (excluding diaryl/α,β-unsaturated/α-hetero) is 1. The van der Waals surface area contributed by atoms with Gasteiger partial charge in [-0.25, -0.2) is 0 Å². The van der Waals surface area contributed by atoms with Crippen LogP contribution in [0.15, 0.2) is 30.5 Å².